The van der Waals surface area contributed by atoms with E-state index in [-0.39, 0.29) is 23.9 Å². The van der Waals surface area contributed by atoms with Gasteiger partial charge in [0.25, 0.3) is 0 Å². The summed E-state index contributed by atoms with van der Waals surface area (Å²) in [5, 5.41) is 10.2. The average molecular weight is 410 g/mol. The van der Waals surface area contributed by atoms with E-state index in [4.69, 9.17) is 0 Å². The molecule has 2 fully saturated rings. The van der Waals surface area contributed by atoms with Crippen LogP contribution >= 0.6 is 12.4 Å². The molecule has 2 bridgehead atoms. The van der Waals surface area contributed by atoms with E-state index >= 15 is 0 Å². The summed E-state index contributed by atoms with van der Waals surface area (Å²) in [7, 11) is 0. The highest BCUT2D eigenvalue weighted by molar-refractivity contribution is 5.85. The van der Waals surface area contributed by atoms with Crippen molar-refractivity contribution in [3.63, 3.8) is 0 Å². The molecule has 1 N–H and O–H groups in total. The van der Waals surface area contributed by atoms with Crippen molar-refractivity contribution in [1.29, 1.82) is 0 Å². The first kappa shape index (κ1) is 19.6. The third-order valence-electron chi connectivity index (χ3n) is 8.39. The Labute approximate surface area is 180 Å². The largest absolute Gasteiger partial charge is 0.389 e. The molecule has 29 heavy (non-hydrogen) atoms. The molecule has 1 saturated carbocycles. The third-order valence-corrected chi connectivity index (χ3v) is 8.39. The van der Waals surface area contributed by atoms with Crippen LogP contribution in [0.25, 0.3) is 0 Å². The first-order chi connectivity index (χ1) is 13.7. The minimum absolute atomic E-state index is 0. The van der Waals surface area contributed by atoms with Gasteiger partial charge >= 0.3 is 0 Å². The van der Waals surface area contributed by atoms with E-state index in [1.54, 1.807) is 16.7 Å². The molecule has 4 unspecified atom stereocenters. The molecule has 2 nitrogen and oxygen atoms in total. The van der Waals surface area contributed by atoms with Crippen LogP contribution in [0.2, 0.25) is 0 Å². The molecule has 0 radical (unpaired) electrons. The number of nitrogens with zero attached hydrogens (tertiary/aromatic N) is 1. The SMILES string of the molecule is CC(O)c1ccc2c(c1)C13CC2c2ccccc2C1CN(CC1CCCC1)C3.Cl. The Morgan fingerprint density at radius 2 is 1.83 bits per heavy atom. The number of aliphatic hydroxyl groups excluding tert-OH is 1. The summed E-state index contributed by atoms with van der Waals surface area (Å²) in [6, 6.07) is 16.1. The van der Waals surface area contributed by atoms with Gasteiger partial charge in [-0.2, -0.15) is 0 Å². The van der Waals surface area contributed by atoms with Gasteiger partial charge in [0.05, 0.1) is 6.10 Å². The van der Waals surface area contributed by atoms with E-state index in [9.17, 15) is 5.11 Å². The fourth-order valence-electron chi connectivity index (χ4n) is 7.16. The highest BCUT2D eigenvalue weighted by atomic mass is 35.5. The number of aliphatic hydroxyl groups is 1. The lowest BCUT2D eigenvalue weighted by molar-refractivity contribution is 0.199. The Hall–Kier alpha value is -1.35. The van der Waals surface area contributed by atoms with Crippen molar-refractivity contribution in [3.8, 4) is 0 Å². The topological polar surface area (TPSA) is 23.5 Å². The number of hydrogen-bond acceptors (Lipinski definition) is 2. The Balaban J connectivity index is 0.00000181. The second-order valence-corrected chi connectivity index (χ2v) is 9.96. The molecule has 154 valence electrons. The Morgan fingerprint density at radius 3 is 2.59 bits per heavy atom. The van der Waals surface area contributed by atoms with E-state index in [1.165, 1.54) is 57.3 Å². The van der Waals surface area contributed by atoms with E-state index in [0.717, 1.165) is 11.5 Å². The first-order valence-electron chi connectivity index (χ1n) is 11.3. The second-order valence-electron chi connectivity index (χ2n) is 9.96. The maximum absolute atomic E-state index is 10.2. The fourth-order valence-corrected chi connectivity index (χ4v) is 7.16. The van der Waals surface area contributed by atoms with Gasteiger partial charge in [-0.15, -0.1) is 12.4 Å². The molecule has 4 atom stereocenters. The molecule has 1 aliphatic heterocycles. The average Bonchev–Trinajstić information content (AvgIpc) is 3.41. The van der Waals surface area contributed by atoms with Gasteiger partial charge in [0.15, 0.2) is 0 Å². The van der Waals surface area contributed by atoms with Crippen molar-refractivity contribution >= 4 is 12.4 Å². The van der Waals surface area contributed by atoms with Gasteiger partial charge in [-0.05, 0) is 59.9 Å². The van der Waals surface area contributed by atoms with Crippen LogP contribution < -0.4 is 0 Å². The van der Waals surface area contributed by atoms with Crippen LogP contribution in [0.15, 0.2) is 42.5 Å². The smallest absolute Gasteiger partial charge is 0.0762 e. The predicted molar refractivity (Wildman–Crippen MR) is 120 cm³/mol. The Morgan fingerprint density at radius 1 is 1.07 bits per heavy atom. The number of fused-ring (bicyclic) bond motifs is 3. The molecule has 2 aromatic carbocycles. The number of benzene rings is 2. The van der Waals surface area contributed by atoms with Gasteiger partial charge in [-0.1, -0.05) is 55.3 Å². The maximum atomic E-state index is 10.2. The zero-order chi connectivity index (χ0) is 18.9. The summed E-state index contributed by atoms with van der Waals surface area (Å²) in [4.78, 5) is 2.80. The van der Waals surface area contributed by atoms with Crippen LogP contribution in [0.4, 0.5) is 0 Å². The van der Waals surface area contributed by atoms with Gasteiger partial charge in [0, 0.05) is 36.9 Å². The second kappa shape index (κ2) is 7.11. The van der Waals surface area contributed by atoms with Crippen LogP contribution in [0.5, 0.6) is 0 Å². The number of rotatable bonds is 3. The molecule has 1 spiro atoms. The van der Waals surface area contributed by atoms with Gasteiger partial charge in [-0.3, -0.25) is 0 Å². The van der Waals surface area contributed by atoms with Crippen LogP contribution in [0, 0.1) is 5.92 Å². The summed E-state index contributed by atoms with van der Waals surface area (Å²) < 4.78 is 0. The third kappa shape index (κ3) is 2.83. The van der Waals surface area contributed by atoms with Crippen molar-refractivity contribution in [2.75, 3.05) is 19.6 Å². The molecule has 0 aromatic heterocycles. The minimum atomic E-state index is -0.390. The van der Waals surface area contributed by atoms with Crippen molar-refractivity contribution in [2.45, 2.75) is 62.4 Å². The zero-order valence-corrected chi connectivity index (χ0v) is 18.1. The highest BCUT2D eigenvalue weighted by Crippen LogP contribution is 2.63. The summed E-state index contributed by atoms with van der Waals surface area (Å²) in [6.07, 6.45) is 6.58. The normalized spacial score (nSPS) is 31.1. The van der Waals surface area contributed by atoms with E-state index in [2.05, 4.69) is 47.4 Å². The maximum Gasteiger partial charge on any atom is 0.0762 e. The van der Waals surface area contributed by atoms with Gasteiger partial charge < -0.3 is 10.0 Å². The minimum Gasteiger partial charge on any atom is -0.389 e. The molecule has 1 saturated heterocycles. The monoisotopic (exact) mass is 409 g/mol. The number of likely N-dealkylation sites (tertiary alicyclic amines) is 1. The fraction of sp³-hybridized carbons (Fsp3) is 0.538. The standard InChI is InChI=1S/C26H31NO.ClH/c1-17(28)19-10-11-22-23-13-26(24(22)12-19)16-27(14-18-6-2-3-7-18)15-25(26)21-9-5-4-8-20(21)23;/h4-5,8-12,17-18,23,25,28H,2-3,6-7,13-16H2,1H3;1H. The summed E-state index contributed by atoms with van der Waals surface area (Å²) in [5.41, 5.74) is 7.57. The molecule has 6 rings (SSSR count). The molecular weight excluding hydrogens is 378 g/mol. The van der Waals surface area contributed by atoms with Gasteiger partial charge in [0.2, 0.25) is 0 Å². The van der Waals surface area contributed by atoms with E-state index in [1.807, 2.05) is 6.92 Å². The highest BCUT2D eigenvalue weighted by Gasteiger charge is 2.58. The number of halogens is 1. The molecular formula is C26H32ClNO. The Kier molecular flexibility index (Phi) is 4.81. The van der Waals surface area contributed by atoms with Crippen LogP contribution in [0.3, 0.4) is 0 Å². The van der Waals surface area contributed by atoms with Crippen molar-refractivity contribution in [1.82, 2.24) is 4.90 Å². The zero-order valence-electron chi connectivity index (χ0n) is 17.3. The van der Waals surface area contributed by atoms with Crippen LogP contribution in [0.1, 0.15) is 84.8 Å². The molecule has 1 heterocycles. The summed E-state index contributed by atoms with van der Waals surface area (Å²) in [6.45, 7) is 5.60. The van der Waals surface area contributed by atoms with E-state index in [0.29, 0.717) is 11.8 Å². The van der Waals surface area contributed by atoms with Crippen LogP contribution in [-0.2, 0) is 5.41 Å². The summed E-state index contributed by atoms with van der Waals surface area (Å²) >= 11 is 0. The number of hydrogen-bond donors (Lipinski definition) is 1. The lowest BCUT2D eigenvalue weighted by atomic mass is 9.65. The molecule has 0 amide bonds. The van der Waals surface area contributed by atoms with Crippen LogP contribution in [-0.4, -0.2) is 29.6 Å². The van der Waals surface area contributed by atoms with Crippen molar-refractivity contribution < 1.29 is 5.11 Å². The lowest BCUT2D eigenvalue weighted by Gasteiger charge is -2.37. The van der Waals surface area contributed by atoms with Gasteiger partial charge in [0.1, 0.15) is 0 Å². The Bertz CT molecular complexity index is 919. The van der Waals surface area contributed by atoms with Crippen molar-refractivity contribution in [2.24, 2.45) is 5.92 Å². The lowest BCUT2D eigenvalue weighted by Crippen LogP contribution is -2.35. The quantitative estimate of drug-likeness (QED) is 0.719. The molecule has 3 aliphatic carbocycles. The predicted octanol–water partition coefficient (Wildman–Crippen LogP) is 5.54. The van der Waals surface area contributed by atoms with Gasteiger partial charge in [-0.25, -0.2) is 0 Å². The molecule has 3 heteroatoms. The first-order valence-corrected chi connectivity index (χ1v) is 11.3. The summed E-state index contributed by atoms with van der Waals surface area (Å²) in [5.74, 6) is 2.05. The molecule has 2 aromatic rings. The van der Waals surface area contributed by atoms with Crippen molar-refractivity contribution in [3.05, 3.63) is 70.3 Å². The van der Waals surface area contributed by atoms with E-state index < -0.39 is 0 Å². The molecule has 4 aliphatic rings.